The first-order valence-corrected chi connectivity index (χ1v) is 15.4. The van der Waals surface area contributed by atoms with Crippen LogP contribution in [0.5, 0.6) is 0 Å². The molecule has 2 N–H and O–H groups in total. The standard InChI is InChI=1S/C31H38N4O4S/c1-2-21-11-15-24(16-12-21)33-28(36)20-40-31-34-27-8-4-3-7-26(27)30(38)35(31)19-22-9-13-23(14-10-22)29(37)32-18-25-6-5-17-39-25/h3-4,7-8,11-12,15-16,22-23,25H,2,5-6,9-10,13-14,17-20H2,1H3,(H,32,37)(H,33,36). The minimum absolute atomic E-state index is 0.00744. The highest BCUT2D eigenvalue weighted by Crippen LogP contribution is 2.31. The van der Waals surface area contributed by atoms with Gasteiger partial charge in [-0.25, -0.2) is 4.98 Å². The van der Waals surface area contributed by atoms with E-state index in [-0.39, 0.29) is 41.1 Å². The number of carbonyl (C=O) groups excluding carboxylic acids is 2. The van der Waals surface area contributed by atoms with Crippen LogP contribution in [0.3, 0.4) is 0 Å². The Labute approximate surface area is 239 Å². The van der Waals surface area contributed by atoms with Gasteiger partial charge in [-0.15, -0.1) is 0 Å². The monoisotopic (exact) mass is 562 g/mol. The Balaban J connectivity index is 1.22. The third-order valence-corrected chi connectivity index (χ3v) is 8.97. The molecule has 9 heteroatoms. The smallest absolute Gasteiger partial charge is 0.262 e. The van der Waals surface area contributed by atoms with Crippen LogP contribution in [0, 0.1) is 11.8 Å². The lowest BCUT2D eigenvalue weighted by Gasteiger charge is -2.29. The lowest BCUT2D eigenvalue weighted by molar-refractivity contribution is -0.126. The Hall–Kier alpha value is -3.17. The van der Waals surface area contributed by atoms with Crippen LogP contribution in [0.2, 0.25) is 0 Å². The summed E-state index contributed by atoms with van der Waals surface area (Å²) in [5, 5.41) is 7.15. The molecule has 5 rings (SSSR count). The fraction of sp³-hybridized carbons (Fsp3) is 0.484. The molecule has 1 saturated carbocycles. The summed E-state index contributed by atoms with van der Waals surface area (Å²) < 4.78 is 7.35. The number of thioether (sulfide) groups is 1. The van der Waals surface area contributed by atoms with Gasteiger partial charge in [-0.3, -0.25) is 19.0 Å². The average molecular weight is 563 g/mol. The van der Waals surface area contributed by atoms with Crippen LogP contribution >= 0.6 is 11.8 Å². The van der Waals surface area contributed by atoms with E-state index < -0.39 is 0 Å². The summed E-state index contributed by atoms with van der Waals surface area (Å²) in [4.78, 5) is 43.8. The van der Waals surface area contributed by atoms with Crippen molar-refractivity contribution >= 4 is 40.2 Å². The molecular weight excluding hydrogens is 524 g/mol. The van der Waals surface area contributed by atoms with Crippen LogP contribution in [-0.2, 0) is 27.3 Å². The molecule has 2 fully saturated rings. The Bertz CT molecular complexity index is 1380. The van der Waals surface area contributed by atoms with Crippen molar-refractivity contribution in [2.24, 2.45) is 11.8 Å². The number of aromatic nitrogens is 2. The van der Waals surface area contributed by atoms with E-state index in [1.807, 2.05) is 42.5 Å². The van der Waals surface area contributed by atoms with Crippen LogP contribution < -0.4 is 16.2 Å². The number of ether oxygens (including phenoxy) is 1. The van der Waals surface area contributed by atoms with Crippen molar-refractivity contribution in [1.29, 1.82) is 0 Å². The molecule has 8 nitrogen and oxygen atoms in total. The van der Waals surface area contributed by atoms with Gasteiger partial charge in [-0.1, -0.05) is 43.0 Å². The molecule has 2 heterocycles. The van der Waals surface area contributed by atoms with Gasteiger partial charge in [0, 0.05) is 31.3 Å². The largest absolute Gasteiger partial charge is 0.376 e. The van der Waals surface area contributed by atoms with E-state index in [0.29, 0.717) is 29.1 Å². The molecule has 1 aliphatic heterocycles. The number of nitrogens with one attached hydrogen (secondary N) is 2. The maximum absolute atomic E-state index is 13.5. The van der Waals surface area contributed by atoms with Crippen molar-refractivity contribution in [1.82, 2.24) is 14.9 Å². The van der Waals surface area contributed by atoms with E-state index in [1.165, 1.54) is 17.3 Å². The highest BCUT2D eigenvalue weighted by atomic mass is 32.2. The fourth-order valence-corrected chi connectivity index (χ4v) is 6.41. The van der Waals surface area contributed by atoms with E-state index in [2.05, 4.69) is 17.6 Å². The van der Waals surface area contributed by atoms with Gasteiger partial charge in [-0.05, 0) is 80.7 Å². The Morgan fingerprint density at radius 1 is 1.05 bits per heavy atom. The average Bonchev–Trinajstić information content (AvgIpc) is 3.51. The van der Waals surface area contributed by atoms with E-state index in [4.69, 9.17) is 9.72 Å². The van der Waals surface area contributed by atoms with E-state index in [0.717, 1.165) is 57.2 Å². The molecule has 1 unspecified atom stereocenters. The number of benzene rings is 2. The number of para-hydroxylation sites is 1. The minimum atomic E-state index is -0.141. The molecule has 1 aliphatic carbocycles. The van der Waals surface area contributed by atoms with Gasteiger partial charge >= 0.3 is 0 Å². The quantitative estimate of drug-likeness (QED) is 0.272. The zero-order valence-electron chi connectivity index (χ0n) is 23.1. The van der Waals surface area contributed by atoms with Crippen molar-refractivity contribution in [2.45, 2.75) is 69.7 Å². The number of fused-ring (bicyclic) bond motifs is 1. The van der Waals surface area contributed by atoms with Crippen LogP contribution in [0.4, 0.5) is 5.69 Å². The first kappa shape index (κ1) is 28.4. The summed E-state index contributed by atoms with van der Waals surface area (Å²) in [5.74, 6) is 0.404. The predicted octanol–water partition coefficient (Wildman–Crippen LogP) is 4.79. The molecule has 1 atom stereocenters. The molecule has 0 bridgehead atoms. The normalized spacial score (nSPS) is 20.9. The summed E-state index contributed by atoms with van der Waals surface area (Å²) in [6.07, 6.45) is 6.51. The number of hydrogen-bond acceptors (Lipinski definition) is 6. The molecule has 1 saturated heterocycles. The van der Waals surface area contributed by atoms with Crippen LogP contribution in [0.25, 0.3) is 10.9 Å². The Morgan fingerprint density at radius 3 is 2.55 bits per heavy atom. The lowest BCUT2D eigenvalue weighted by Crippen LogP contribution is -2.38. The minimum Gasteiger partial charge on any atom is -0.376 e. The number of aryl methyl sites for hydroxylation is 1. The van der Waals surface area contributed by atoms with Gasteiger partial charge in [-0.2, -0.15) is 0 Å². The maximum atomic E-state index is 13.5. The first-order valence-electron chi connectivity index (χ1n) is 14.4. The molecule has 3 aromatic rings. The second-order valence-electron chi connectivity index (χ2n) is 10.8. The van der Waals surface area contributed by atoms with Crippen LogP contribution in [0.15, 0.2) is 58.5 Å². The molecule has 2 amide bonds. The molecule has 212 valence electrons. The van der Waals surface area contributed by atoms with Gasteiger partial charge in [0.25, 0.3) is 5.56 Å². The fourth-order valence-electron chi connectivity index (χ4n) is 5.60. The summed E-state index contributed by atoms with van der Waals surface area (Å²) in [7, 11) is 0. The van der Waals surface area contributed by atoms with Gasteiger partial charge in [0.15, 0.2) is 5.16 Å². The van der Waals surface area contributed by atoms with Gasteiger partial charge in [0.05, 0.1) is 22.8 Å². The third kappa shape index (κ3) is 7.12. The number of anilines is 1. The molecular formula is C31H38N4O4S. The molecule has 1 aromatic heterocycles. The number of carbonyl (C=O) groups is 2. The number of nitrogens with zero attached hydrogens (tertiary/aromatic N) is 2. The highest BCUT2D eigenvalue weighted by molar-refractivity contribution is 7.99. The molecule has 2 aliphatic rings. The lowest BCUT2D eigenvalue weighted by atomic mass is 9.81. The van der Waals surface area contributed by atoms with Crippen molar-refractivity contribution in [3.63, 3.8) is 0 Å². The second-order valence-corrected chi connectivity index (χ2v) is 11.8. The van der Waals surface area contributed by atoms with E-state index >= 15 is 0 Å². The Morgan fingerprint density at radius 2 is 1.82 bits per heavy atom. The number of amides is 2. The topological polar surface area (TPSA) is 102 Å². The summed E-state index contributed by atoms with van der Waals surface area (Å²) in [5.41, 5.74) is 2.52. The predicted molar refractivity (Wildman–Crippen MR) is 159 cm³/mol. The summed E-state index contributed by atoms with van der Waals surface area (Å²) in [6, 6.07) is 15.2. The van der Waals surface area contributed by atoms with E-state index in [1.54, 1.807) is 10.6 Å². The number of hydrogen-bond donors (Lipinski definition) is 2. The summed E-state index contributed by atoms with van der Waals surface area (Å²) in [6.45, 7) is 4.00. The maximum Gasteiger partial charge on any atom is 0.262 e. The highest BCUT2D eigenvalue weighted by Gasteiger charge is 2.28. The SMILES string of the molecule is CCc1ccc(NC(=O)CSc2nc3ccccc3c(=O)n2CC2CCC(C(=O)NCC3CCCO3)CC2)cc1. The molecule has 40 heavy (non-hydrogen) atoms. The molecule has 2 aromatic carbocycles. The third-order valence-electron chi connectivity index (χ3n) is 7.99. The first-order chi connectivity index (χ1) is 19.5. The van der Waals surface area contributed by atoms with Gasteiger partial charge in [0.1, 0.15) is 0 Å². The van der Waals surface area contributed by atoms with Crippen molar-refractivity contribution in [3.8, 4) is 0 Å². The van der Waals surface area contributed by atoms with Crippen molar-refractivity contribution in [3.05, 3.63) is 64.4 Å². The van der Waals surface area contributed by atoms with Crippen molar-refractivity contribution < 1.29 is 14.3 Å². The Kier molecular flexibility index (Phi) is 9.54. The van der Waals surface area contributed by atoms with E-state index in [9.17, 15) is 14.4 Å². The summed E-state index contributed by atoms with van der Waals surface area (Å²) >= 11 is 1.29. The van der Waals surface area contributed by atoms with Crippen LogP contribution in [0.1, 0.15) is 51.0 Å². The zero-order chi connectivity index (χ0) is 27.9. The van der Waals surface area contributed by atoms with Crippen molar-refractivity contribution in [2.75, 3.05) is 24.2 Å². The molecule has 0 spiro atoms. The van der Waals surface area contributed by atoms with Gasteiger partial charge < -0.3 is 15.4 Å². The molecule has 0 radical (unpaired) electrons. The second kappa shape index (κ2) is 13.5. The zero-order valence-corrected chi connectivity index (χ0v) is 23.9. The number of rotatable bonds is 10. The van der Waals surface area contributed by atoms with Gasteiger partial charge in [0.2, 0.25) is 11.8 Å². The van der Waals surface area contributed by atoms with Crippen LogP contribution in [-0.4, -0.2) is 46.4 Å².